The number of anilines is 1. The second-order valence-electron chi connectivity index (χ2n) is 5.25. The summed E-state index contributed by atoms with van der Waals surface area (Å²) in [7, 11) is 0. The van der Waals surface area contributed by atoms with Crippen LogP contribution in [0.15, 0.2) is 72.8 Å². The average Bonchev–Trinajstić information content (AvgIpc) is 2.57. The van der Waals surface area contributed by atoms with Gasteiger partial charge in [0.05, 0.1) is 5.69 Å². The lowest BCUT2D eigenvalue weighted by Gasteiger charge is -2.14. The Bertz CT molecular complexity index is 766. The Balaban J connectivity index is 2.15. The molecule has 0 bridgehead atoms. The van der Waals surface area contributed by atoms with E-state index in [4.69, 9.17) is 0 Å². The van der Waals surface area contributed by atoms with Gasteiger partial charge in [0, 0.05) is 11.8 Å². The van der Waals surface area contributed by atoms with Gasteiger partial charge in [-0.05, 0) is 41.3 Å². The first-order chi connectivity index (χ1) is 10.8. The van der Waals surface area contributed by atoms with E-state index in [9.17, 15) is 0 Å². The largest absolute Gasteiger partial charge is 0.329 e. The summed E-state index contributed by atoms with van der Waals surface area (Å²) in [6, 6.07) is 25.7. The van der Waals surface area contributed by atoms with Gasteiger partial charge in [-0.15, -0.1) is 0 Å². The van der Waals surface area contributed by atoms with Crippen molar-refractivity contribution in [2.45, 2.75) is 6.92 Å². The van der Waals surface area contributed by atoms with Gasteiger partial charge in [-0.25, -0.2) is 0 Å². The summed E-state index contributed by atoms with van der Waals surface area (Å²) in [5.74, 6) is 0. The fraction of sp³-hybridized carbons (Fsp3) is 0.100. The highest BCUT2D eigenvalue weighted by Crippen LogP contribution is 2.35. The highest BCUT2D eigenvalue weighted by Gasteiger charge is 2.09. The smallest absolute Gasteiger partial charge is 0.0519 e. The molecule has 0 unspecified atom stereocenters. The van der Waals surface area contributed by atoms with Gasteiger partial charge >= 0.3 is 0 Å². The molecule has 0 heterocycles. The summed E-state index contributed by atoms with van der Waals surface area (Å²) in [4.78, 5) is 0. The lowest BCUT2D eigenvalue weighted by molar-refractivity contribution is 1.46. The van der Waals surface area contributed by atoms with Crippen molar-refractivity contribution < 1.29 is 0 Å². The summed E-state index contributed by atoms with van der Waals surface area (Å²) in [6.07, 6.45) is 2.05. The fourth-order valence-corrected chi connectivity index (χ4v) is 3.05. The van der Waals surface area contributed by atoms with E-state index in [2.05, 4.69) is 84.4 Å². The summed E-state index contributed by atoms with van der Waals surface area (Å²) in [5.41, 5.74) is 7.45. The van der Waals surface area contributed by atoms with Crippen LogP contribution in [0.5, 0.6) is 0 Å². The number of aryl methyl sites for hydroxylation is 1. The Morgan fingerprint density at radius 3 is 2.18 bits per heavy atom. The molecule has 0 atom stereocenters. The minimum atomic E-state index is 1.15. The van der Waals surface area contributed by atoms with Crippen molar-refractivity contribution in [2.24, 2.45) is 0 Å². The molecule has 0 saturated heterocycles. The zero-order chi connectivity index (χ0) is 15.4. The van der Waals surface area contributed by atoms with E-state index >= 15 is 0 Å². The van der Waals surface area contributed by atoms with Crippen LogP contribution in [-0.4, -0.2) is 6.26 Å². The molecule has 0 aliphatic carbocycles. The second-order valence-corrected chi connectivity index (χ2v) is 5.86. The topological polar surface area (TPSA) is 12.0 Å². The van der Waals surface area contributed by atoms with Gasteiger partial charge < -0.3 is 4.72 Å². The fourth-order valence-electron chi connectivity index (χ4n) is 2.65. The standard InChI is InChI=1S/C20H19NS/c1-15-8-6-7-11-18(15)19-14-17(12-13-20(19)21-22-2)16-9-4-3-5-10-16/h3-14,21H,1-2H3. The third-order valence-corrected chi connectivity index (χ3v) is 4.20. The molecule has 0 radical (unpaired) electrons. The highest BCUT2D eigenvalue weighted by molar-refractivity contribution is 7.99. The molecular formula is C20H19NS. The lowest BCUT2D eigenvalue weighted by atomic mass is 9.95. The lowest BCUT2D eigenvalue weighted by Crippen LogP contribution is -1.92. The van der Waals surface area contributed by atoms with E-state index < -0.39 is 0 Å². The molecule has 0 aliphatic heterocycles. The first kappa shape index (κ1) is 14.7. The van der Waals surface area contributed by atoms with E-state index in [1.807, 2.05) is 6.26 Å². The Kier molecular flexibility index (Phi) is 4.50. The molecule has 22 heavy (non-hydrogen) atoms. The summed E-state index contributed by atoms with van der Waals surface area (Å²) in [6.45, 7) is 2.16. The molecule has 0 amide bonds. The molecule has 1 N–H and O–H groups in total. The van der Waals surface area contributed by atoms with Gasteiger partial charge in [-0.1, -0.05) is 72.6 Å². The van der Waals surface area contributed by atoms with Crippen molar-refractivity contribution in [1.82, 2.24) is 0 Å². The van der Waals surface area contributed by atoms with Crippen LogP contribution in [0.3, 0.4) is 0 Å². The van der Waals surface area contributed by atoms with Crippen LogP contribution in [0, 0.1) is 6.92 Å². The molecular weight excluding hydrogens is 286 g/mol. The SMILES string of the molecule is CSNc1ccc(-c2ccccc2)cc1-c1ccccc1C. The highest BCUT2D eigenvalue weighted by atomic mass is 32.2. The molecule has 0 aliphatic rings. The maximum atomic E-state index is 3.40. The van der Waals surface area contributed by atoms with Crippen molar-refractivity contribution in [3.63, 3.8) is 0 Å². The zero-order valence-corrected chi connectivity index (χ0v) is 13.7. The van der Waals surface area contributed by atoms with Crippen LogP contribution in [0.1, 0.15) is 5.56 Å². The number of rotatable bonds is 4. The van der Waals surface area contributed by atoms with Crippen LogP contribution in [-0.2, 0) is 0 Å². The van der Waals surface area contributed by atoms with Gasteiger partial charge in [-0.2, -0.15) is 0 Å². The molecule has 0 fully saturated rings. The van der Waals surface area contributed by atoms with Gasteiger partial charge in [0.25, 0.3) is 0 Å². The van der Waals surface area contributed by atoms with E-state index in [1.165, 1.54) is 27.8 Å². The molecule has 3 rings (SSSR count). The molecule has 1 nitrogen and oxygen atoms in total. The van der Waals surface area contributed by atoms with Crippen LogP contribution in [0.2, 0.25) is 0 Å². The van der Waals surface area contributed by atoms with Crippen LogP contribution in [0.25, 0.3) is 22.3 Å². The molecule has 3 aromatic rings. The number of hydrogen-bond donors (Lipinski definition) is 1. The van der Waals surface area contributed by atoms with Gasteiger partial charge in [0.1, 0.15) is 0 Å². The van der Waals surface area contributed by atoms with Crippen molar-refractivity contribution in [2.75, 3.05) is 11.0 Å². The van der Waals surface area contributed by atoms with E-state index in [0.29, 0.717) is 0 Å². The Labute approximate surface area is 136 Å². The van der Waals surface area contributed by atoms with Gasteiger partial charge in [-0.3, -0.25) is 0 Å². The maximum absolute atomic E-state index is 3.40. The molecule has 0 aromatic heterocycles. The first-order valence-electron chi connectivity index (χ1n) is 7.34. The van der Waals surface area contributed by atoms with Gasteiger partial charge in [0.15, 0.2) is 0 Å². The molecule has 110 valence electrons. The number of benzene rings is 3. The average molecular weight is 305 g/mol. The Morgan fingerprint density at radius 2 is 1.45 bits per heavy atom. The predicted molar refractivity (Wildman–Crippen MR) is 99.2 cm³/mol. The van der Waals surface area contributed by atoms with Crippen LogP contribution < -0.4 is 4.72 Å². The molecule has 0 saturated carbocycles. The summed E-state index contributed by atoms with van der Waals surface area (Å²) in [5, 5.41) is 0. The predicted octanol–water partition coefficient (Wildman–Crippen LogP) is 6.02. The first-order valence-corrected chi connectivity index (χ1v) is 8.56. The van der Waals surface area contributed by atoms with Crippen molar-refractivity contribution in [3.05, 3.63) is 78.4 Å². The van der Waals surface area contributed by atoms with Crippen molar-refractivity contribution in [3.8, 4) is 22.3 Å². The summed E-state index contributed by atoms with van der Waals surface area (Å²) >= 11 is 1.62. The minimum absolute atomic E-state index is 1.15. The van der Waals surface area contributed by atoms with Crippen LogP contribution in [0.4, 0.5) is 5.69 Å². The van der Waals surface area contributed by atoms with Crippen molar-refractivity contribution in [1.29, 1.82) is 0 Å². The third kappa shape index (κ3) is 3.02. The van der Waals surface area contributed by atoms with Gasteiger partial charge in [0.2, 0.25) is 0 Å². The van der Waals surface area contributed by atoms with Crippen molar-refractivity contribution >= 4 is 17.6 Å². The van der Waals surface area contributed by atoms with E-state index in [0.717, 1.165) is 5.69 Å². The number of nitrogens with one attached hydrogen (secondary N) is 1. The quantitative estimate of drug-likeness (QED) is 0.592. The maximum Gasteiger partial charge on any atom is 0.0519 e. The van der Waals surface area contributed by atoms with E-state index in [-0.39, 0.29) is 0 Å². The third-order valence-electron chi connectivity index (χ3n) is 3.77. The van der Waals surface area contributed by atoms with Crippen LogP contribution >= 0.6 is 11.9 Å². The molecule has 3 aromatic carbocycles. The zero-order valence-electron chi connectivity index (χ0n) is 12.8. The second kappa shape index (κ2) is 6.71. The monoisotopic (exact) mass is 305 g/mol. The summed E-state index contributed by atoms with van der Waals surface area (Å²) < 4.78 is 3.40. The van der Waals surface area contributed by atoms with E-state index in [1.54, 1.807) is 11.9 Å². The molecule has 0 spiro atoms. The number of hydrogen-bond acceptors (Lipinski definition) is 2. The Morgan fingerprint density at radius 1 is 0.727 bits per heavy atom. The molecule has 2 heteroatoms. The normalized spacial score (nSPS) is 10.5. The minimum Gasteiger partial charge on any atom is -0.329 e. The Hall–Kier alpha value is -2.19.